The Labute approximate surface area is 204 Å². The summed E-state index contributed by atoms with van der Waals surface area (Å²) in [4.78, 5) is 20.6. The zero-order chi connectivity index (χ0) is 25.1. The first-order valence-electron chi connectivity index (χ1n) is 12.3. The molecule has 4 nitrogen and oxygen atoms in total. The molecular weight excluding hydrogens is 451 g/mol. The third-order valence-electron chi connectivity index (χ3n) is 8.16. The van der Waals surface area contributed by atoms with E-state index in [0.717, 1.165) is 12.1 Å². The topological polar surface area (TPSA) is 36.4 Å². The molecule has 3 aliphatic rings. The van der Waals surface area contributed by atoms with Crippen LogP contribution >= 0.6 is 0 Å². The molecule has 0 bridgehead atoms. The summed E-state index contributed by atoms with van der Waals surface area (Å²) in [6.45, 7) is 6.59. The van der Waals surface area contributed by atoms with Crippen LogP contribution in [0.3, 0.4) is 0 Å². The lowest BCUT2D eigenvalue weighted by molar-refractivity contribution is -0.164. The van der Waals surface area contributed by atoms with Crippen LogP contribution in [0.15, 0.2) is 42.1 Å². The van der Waals surface area contributed by atoms with Crippen molar-refractivity contribution < 1.29 is 18.0 Å². The molecule has 5 atom stereocenters. The van der Waals surface area contributed by atoms with Crippen LogP contribution in [0.25, 0.3) is 0 Å². The number of amides is 1. The third kappa shape index (κ3) is 3.88. The molecule has 1 amide bonds. The molecule has 2 heterocycles. The molecule has 0 saturated heterocycles. The lowest BCUT2D eigenvalue weighted by atomic mass is 9.80. The first-order chi connectivity index (χ1) is 16.6. The number of allylic oxidation sites excluding steroid dienone is 1. The van der Waals surface area contributed by atoms with Gasteiger partial charge < -0.3 is 0 Å². The maximum atomic E-state index is 15.7. The molecule has 1 aromatic carbocycles. The van der Waals surface area contributed by atoms with E-state index in [4.69, 9.17) is 0 Å². The maximum absolute atomic E-state index is 15.7. The van der Waals surface area contributed by atoms with E-state index in [1.807, 2.05) is 13.1 Å². The highest BCUT2D eigenvalue weighted by Gasteiger charge is 2.57. The van der Waals surface area contributed by atoms with E-state index >= 15 is 13.2 Å². The largest absolute Gasteiger partial charge is 0.299 e. The molecule has 2 aliphatic carbocycles. The number of fused-ring (bicyclic) bond motifs is 2. The van der Waals surface area contributed by atoms with Gasteiger partial charge in [-0.25, -0.2) is 13.2 Å². The molecule has 186 valence electrons. The van der Waals surface area contributed by atoms with Gasteiger partial charge in [-0.15, -0.1) is 0 Å². The molecular formula is C28H32F3N3O. The van der Waals surface area contributed by atoms with Crippen molar-refractivity contribution in [1.82, 2.24) is 14.8 Å². The Morgan fingerprint density at radius 3 is 2.69 bits per heavy atom. The van der Waals surface area contributed by atoms with E-state index in [2.05, 4.69) is 41.9 Å². The number of aryl methyl sites for hydroxylation is 3. The average molecular weight is 484 g/mol. The molecule has 1 aliphatic heterocycles. The summed E-state index contributed by atoms with van der Waals surface area (Å²) in [6.07, 6.45) is -0.857. The van der Waals surface area contributed by atoms with Crippen molar-refractivity contribution in [3.8, 4) is 0 Å². The summed E-state index contributed by atoms with van der Waals surface area (Å²) < 4.78 is 45.9. The Bertz CT molecular complexity index is 1200. The molecule has 1 fully saturated rings. The zero-order valence-electron chi connectivity index (χ0n) is 20.7. The number of hydrogen-bond donors (Lipinski definition) is 0. The van der Waals surface area contributed by atoms with E-state index in [1.165, 1.54) is 29.0 Å². The molecule has 5 rings (SSSR count). The third-order valence-corrected chi connectivity index (χ3v) is 8.16. The van der Waals surface area contributed by atoms with Crippen LogP contribution in [0.5, 0.6) is 0 Å². The summed E-state index contributed by atoms with van der Waals surface area (Å²) in [5.74, 6) is -0.640. The number of rotatable bonds is 4. The van der Waals surface area contributed by atoms with Crippen molar-refractivity contribution in [2.45, 2.75) is 77.8 Å². The average Bonchev–Trinajstić information content (AvgIpc) is 3.38. The van der Waals surface area contributed by atoms with Gasteiger partial charge in [-0.2, -0.15) is 0 Å². The highest BCUT2D eigenvalue weighted by molar-refractivity contribution is 5.88. The molecule has 1 saturated carbocycles. The van der Waals surface area contributed by atoms with Gasteiger partial charge in [-0.1, -0.05) is 35.4 Å². The summed E-state index contributed by atoms with van der Waals surface area (Å²) in [6, 6.07) is 7.89. The Morgan fingerprint density at radius 2 is 1.94 bits per heavy atom. The minimum atomic E-state index is -2.40. The number of aromatic nitrogens is 1. The number of benzene rings is 1. The van der Waals surface area contributed by atoms with Crippen molar-refractivity contribution in [2.24, 2.45) is 5.41 Å². The van der Waals surface area contributed by atoms with E-state index in [-0.39, 0.29) is 17.3 Å². The number of nitrogens with zero attached hydrogens (tertiary/aromatic N) is 3. The minimum absolute atomic E-state index is 0.0545. The number of hydrogen-bond acceptors (Lipinski definition) is 3. The van der Waals surface area contributed by atoms with Gasteiger partial charge >= 0.3 is 0 Å². The monoisotopic (exact) mass is 483 g/mol. The fourth-order valence-corrected chi connectivity index (χ4v) is 6.18. The van der Waals surface area contributed by atoms with E-state index in [9.17, 15) is 4.79 Å². The Hall–Kier alpha value is -2.67. The van der Waals surface area contributed by atoms with Crippen LogP contribution in [0, 0.1) is 26.2 Å². The Kier molecular flexibility index (Phi) is 6.02. The highest BCUT2D eigenvalue weighted by atomic mass is 19.2. The number of halogens is 3. The van der Waals surface area contributed by atoms with Crippen molar-refractivity contribution in [3.05, 3.63) is 75.6 Å². The second kappa shape index (κ2) is 8.77. The summed E-state index contributed by atoms with van der Waals surface area (Å²) in [7, 11) is 2.03. The van der Waals surface area contributed by atoms with E-state index in [1.54, 1.807) is 6.92 Å². The lowest BCUT2D eigenvalue weighted by Crippen LogP contribution is -2.51. The van der Waals surface area contributed by atoms with Gasteiger partial charge in [-0.3, -0.25) is 19.6 Å². The van der Waals surface area contributed by atoms with Crippen LogP contribution in [0.1, 0.15) is 71.7 Å². The van der Waals surface area contributed by atoms with E-state index < -0.39 is 30.1 Å². The van der Waals surface area contributed by atoms with Gasteiger partial charge in [0.25, 0.3) is 0 Å². The second-order valence-electron chi connectivity index (χ2n) is 10.6. The number of pyridine rings is 1. The molecule has 2 aromatic rings. The van der Waals surface area contributed by atoms with Gasteiger partial charge in [0.2, 0.25) is 18.5 Å². The normalized spacial score (nSPS) is 29.8. The fourth-order valence-electron chi connectivity index (χ4n) is 6.18. The first kappa shape index (κ1) is 24.0. The molecule has 5 unspecified atom stereocenters. The molecule has 7 heteroatoms. The smallest absolute Gasteiger partial charge is 0.237 e. The molecule has 0 radical (unpaired) electrons. The van der Waals surface area contributed by atoms with Crippen LogP contribution in [0.2, 0.25) is 0 Å². The maximum Gasteiger partial charge on any atom is 0.237 e. The van der Waals surface area contributed by atoms with Crippen molar-refractivity contribution in [2.75, 3.05) is 7.05 Å². The van der Waals surface area contributed by atoms with Gasteiger partial charge in [0.15, 0.2) is 6.17 Å². The molecule has 0 spiro atoms. The van der Waals surface area contributed by atoms with Crippen LogP contribution in [-0.4, -0.2) is 40.1 Å². The summed E-state index contributed by atoms with van der Waals surface area (Å²) in [5.41, 5.74) is 3.92. The highest BCUT2D eigenvalue weighted by Crippen LogP contribution is 2.55. The fraction of sp³-hybridized carbons (Fsp3) is 0.500. The number of alkyl halides is 3. The zero-order valence-corrected chi connectivity index (χ0v) is 20.7. The standard InChI is InChI=1S/C28H32F3N3O/c1-16-7-8-19(18(3)10-16)15-33(4)21-12-20-6-5-9-28(20,13-21)27(35)34-25(30)22-11-17(2)14-32-24(22)23(29)26(34)31/h6-8,10-11,14,21,23,25-26H,5,9,12-13,15H2,1-4H3. The Balaban J connectivity index is 1.41. The van der Waals surface area contributed by atoms with Gasteiger partial charge in [-0.05, 0) is 76.3 Å². The Morgan fingerprint density at radius 1 is 1.17 bits per heavy atom. The number of carbonyl (C=O) groups is 1. The van der Waals surface area contributed by atoms with Gasteiger partial charge in [0.05, 0.1) is 11.1 Å². The van der Waals surface area contributed by atoms with Gasteiger partial charge in [0.1, 0.15) is 0 Å². The van der Waals surface area contributed by atoms with E-state index in [0.29, 0.717) is 36.1 Å². The first-order valence-corrected chi connectivity index (χ1v) is 12.3. The van der Waals surface area contributed by atoms with Crippen molar-refractivity contribution >= 4 is 5.91 Å². The van der Waals surface area contributed by atoms with Crippen LogP contribution < -0.4 is 0 Å². The van der Waals surface area contributed by atoms with Gasteiger partial charge in [0, 0.05) is 24.3 Å². The summed E-state index contributed by atoms with van der Waals surface area (Å²) >= 11 is 0. The van der Waals surface area contributed by atoms with Crippen molar-refractivity contribution in [3.63, 3.8) is 0 Å². The number of carbonyl (C=O) groups excluding carboxylic acids is 1. The quantitative estimate of drug-likeness (QED) is 0.388. The van der Waals surface area contributed by atoms with Crippen LogP contribution in [-0.2, 0) is 11.3 Å². The second-order valence-corrected chi connectivity index (χ2v) is 10.6. The molecule has 1 aromatic heterocycles. The predicted molar refractivity (Wildman–Crippen MR) is 129 cm³/mol. The van der Waals surface area contributed by atoms with Crippen LogP contribution in [0.4, 0.5) is 13.2 Å². The SMILES string of the molecule is Cc1ccc(CN(C)C2CC3=CCCC3(C(=O)N3C(F)c4cc(C)cnc4C(F)C3F)C2)c(C)c1. The predicted octanol–water partition coefficient (Wildman–Crippen LogP) is 6.12. The molecule has 0 N–H and O–H groups in total. The summed E-state index contributed by atoms with van der Waals surface area (Å²) in [5, 5.41) is 0. The molecule has 35 heavy (non-hydrogen) atoms. The van der Waals surface area contributed by atoms with Crippen molar-refractivity contribution in [1.29, 1.82) is 0 Å². The minimum Gasteiger partial charge on any atom is -0.299 e. The lowest BCUT2D eigenvalue weighted by Gasteiger charge is -2.41.